The topological polar surface area (TPSA) is 50.1 Å². The van der Waals surface area contributed by atoms with Crippen molar-refractivity contribution in [2.75, 3.05) is 7.11 Å². The van der Waals surface area contributed by atoms with E-state index in [1.165, 1.54) is 25.3 Å². The first-order valence-electron chi connectivity index (χ1n) is 5.39. The van der Waals surface area contributed by atoms with Crippen LogP contribution < -0.4 is 4.74 Å². The van der Waals surface area contributed by atoms with E-state index in [2.05, 4.69) is 0 Å². The number of nitrogens with zero attached hydrogens (tertiary/aromatic N) is 1. The predicted octanol–water partition coefficient (Wildman–Crippen LogP) is 2.81. The average molecular weight is 235 g/mol. The van der Waals surface area contributed by atoms with Crippen LogP contribution in [0.5, 0.6) is 5.75 Å². The molecular weight excluding hydrogens is 221 g/mol. The number of hydrogen-bond donors (Lipinski definition) is 0. The Bertz CT molecular complexity index is 451. The largest absolute Gasteiger partial charge is 0.496 e. The van der Waals surface area contributed by atoms with E-state index in [9.17, 15) is 9.18 Å². The van der Waals surface area contributed by atoms with E-state index < -0.39 is 11.7 Å². The van der Waals surface area contributed by atoms with Crippen molar-refractivity contribution < 1.29 is 13.9 Å². The third kappa shape index (κ3) is 3.04. The van der Waals surface area contributed by atoms with Crippen LogP contribution in [0.3, 0.4) is 0 Å². The molecule has 3 nitrogen and oxygen atoms in total. The predicted molar refractivity (Wildman–Crippen MR) is 61.2 cm³/mol. The third-order valence-corrected chi connectivity index (χ3v) is 2.45. The molecule has 0 aliphatic rings. The van der Waals surface area contributed by atoms with Crippen LogP contribution in [0, 0.1) is 17.1 Å². The van der Waals surface area contributed by atoms with Gasteiger partial charge in [0.15, 0.2) is 5.78 Å². The molecule has 1 aromatic rings. The SMILES string of the molecule is CCCC(=O)C(C#N)c1cc(F)ccc1OC. The van der Waals surface area contributed by atoms with E-state index in [1.807, 2.05) is 13.0 Å². The number of Topliss-reactive ketones (excluding diaryl/α,β-unsaturated/α-hetero) is 1. The lowest BCUT2D eigenvalue weighted by Crippen LogP contribution is -2.11. The first-order valence-corrected chi connectivity index (χ1v) is 5.39. The summed E-state index contributed by atoms with van der Waals surface area (Å²) in [5.74, 6) is -1.28. The van der Waals surface area contributed by atoms with Crippen molar-refractivity contribution in [3.8, 4) is 11.8 Å². The molecule has 0 heterocycles. The molecule has 0 saturated carbocycles. The van der Waals surface area contributed by atoms with E-state index >= 15 is 0 Å². The van der Waals surface area contributed by atoms with Crippen LogP contribution >= 0.6 is 0 Å². The number of ether oxygens (including phenoxy) is 1. The van der Waals surface area contributed by atoms with Gasteiger partial charge < -0.3 is 4.74 Å². The highest BCUT2D eigenvalue weighted by atomic mass is 19.1. The minimum absolute atomic E-state index is 0.209. The van der Waals surface area contributed by atoms with Crippen LogP contribution in [0.1, 0.15) is 31.2 Å². The molecular formula is C13H14FNO2. The number of nitriles is 1. The van der Waals surface area contributed by atoms with Crippen LogP contribution in [0.15, 0.2) is 18.2 Å². The van der Waals surface area contributed by atoms with Gasteiger partial charge in [-0.15, -0.1) is 0 Å². The minimum Gasteiger partial charge on any atom is -0.496 e. The molecule has 0 N–H and O–H groups in total. The van der Waals surface area contributed by atoms with Crippen molar-refractivity contribution in [2.45, 2.75) is 25.7 Å². The molecule has 0 aliphatic heterocycles. The number of benzene rings is 1. The molecule has 0 amide bonds. The highest BCUT2D eigenvalue weighted by Gasteiger charge is 2.23. The lowest BCUT2D eigenvalue weighted by atomic mass is 9.93. The molecule has 0 spiro atoms. The number of hydrogen-bond acceptors (Lipinski definition) is 3. The zero-order chi connectivity index (χ0) is 12.8. The van der Waals surface area contributed by atoms with Crippen molar-refractivity contribution in [1.82, 2.24) is 0 Å². The molecule has 0 aliphatic carbocycles. The fraction of sp³-hybridized carbons (Fsp3) is 0.385. The van der Waals surface area contributed by atoms with Crippen LogP contribution in [0.25, 0.3) is 0 Å². The maximum absolute atomic E-state index is 13.2. The molecule has 0 fully saturated rings. The highest BCUT2D eigenvalue weighted by molar-refractivity contribution is 5.89. The first-order chi connectivity index (χ1) is 8.13. The Kier molecular flexibility index (Phi) is 4.65. The van der Waals surface area contributed by atoms with Gasteiger partial charge in [0.1, 0.15) is 17.5 Å². The van der Waals surface area contributed by atoms with E-state index in [0.717, 1.165) is 0 Å². The average Bonchev–Trinajstić information content (AvgIpc) is 2.31. The van der Waals surface area contributed by atoms with Crippen LogP contribution in [-0.4, -0.2) is 12.9 Å². The smallest absolute Gasteiger partial charge is 0.154 e. The Labute approximate surface area is 99.8 Å². The monoisotopic (exact) mass is 235 g/mol. The van der Waals surface area contributed by atoms with Gasteiger partial charge in [-0.1, -0.05) is 6.92 Å². The fourth-order valence-electron chi connectivity index (χ4n) is 1.64. The normalized spacial score (nSPS) is 11.6. The van der Waals surface area contributed by atoms with E-state index in [0.29, 0.717) is 24.2 Å². The summed E-state index contributed by atoms with van der Waals surface area (Å²) in [4.78, 5) is 11.8. The van der Waals surface area contributed by atoms with Gasteiger partial charge in [-0.2, -0.15) is 5.26 Å². The highest BCUT2D eigenvalue weighted by Crippen LogP contribution is 2.28. The number of carbonyl (C=O) groups excluding carboxylic acids is 1. The second-order valence-electron chi connectivity index (χ2n) is 3.66. The van der Waals surface area contributed by atoms with Gasteiger partial charge in [-0.25, -0.2) is 4.39 Å². The summed E-state index contributed by atoms with van der Waals surface area (Å²) in [5.41, 5.74) is 0.299. The Morgan fingerprint density at radius 2 is 2.29 bits per heavy atom. The van der Waals surface area contributed by atoms with Crippen LogP contribution in [0.4, 0.5) is 4.39 Å². The second-order valence-corrected chi connectivity index (χ2v) is 3.66. The fourth-order valence-corrected chi connectivity index (χ4v) is 1.64. The van der Waals surface area contributed by atoms with Gasteiger partial charge in [0.25, 0.3) is 0 Å². The zero-order valence-electron chi connectivity index (χ0n) is 9.87. The van der Waals surface area contributed by atoms with Gasteiger partial charge in [0.2, 0.25) is 0 Å². The molecule has 0 aromatic heterocycles. The summed E-state index contributed by atoms with van der Waals surface area (Å²) in [6.45, 7) is 1.86. The Hall–Kier alpha value is -1.89. The van der Waals surface area contributed by atoms with E-state index in [-0.39, 0.29) is 5.78 Å². The number of ketones is 1. The third-order valence-electron chi connectivity index (χ3n) is 2.45. The summed E-state index contributed by atoms with van der Waals surface area (Å²) >= 11 is 0. The standard InChI is InChI=1S/C13H14FNO2/c1-3-4-12(16)11(8-15)10-7-9(14)5-6-13(10)17-2/h5-7,11H,3-4H2,1-2H3. The summed E-state index contributed by atoms with van der Waals surface area (Å²) in [7, 11) is 1.43. The van der Waals surface area contributed by atoms with Crippen LogP contribution in [0.2, 0.25) is 0 Å². The number of rotatable bonds is 5. The molecule has 0 bridgehead atoms. The Morgan fingerprint density at radius 1 is 1.59 bits per heavy atom. The molecule has 17 heavy (non-hydrogen) atoms. The summed E-state index contributed by atoms with van der Waals surface area (Å²) in [6, 6.07) is 5.75. The van der Waals surface area contributed by atoms with Gasteiger partial charge >= 0.3 is 0 Å². The Balaban J connectivity index is 3.15. The summed E-state index contributed by atoms with van der Waals surface area (Å²) in [5, 5.41) is 9.04. The van der Waals surface area contributed by atoms with Gasteiger partial charge in [0, 0.05) is 12.0 Å². The lowest BCUT2D eigenvalue weighted by Gasteiger charge is -2.12. The zero-order valence-corrected chi connectivity index (χ0v) is 9.87. The van der Waals surface area contributed by atoms with Crippen LogP contribution in [-0.2, 0) is 4.79 Å². The maximum Gasteiger partial charge on any atom is 0.154 e. The molecule has 0 radical (unpaired) electrons. The number of halogens is 1. The van der Waals surface area contributed by atoms with Crippen molar-refractivity contribution in [3.63, 3.8) is 0 Å². The molecule has 90 valence electrons. The Morgan fingerprint density at radius 3 is 2.82 bits per heavy atom. The van der Waals surface area contributed by atoms with Gasteiger partial charge in [-0.05, 0) is 24.6 Å². The van der Waals surface area contributed by atoms with E-state index in [1.54, 1.807) is 0 Å². The minimum atomic E-state index is -0.958. The molecule has 1 atom stereocenters. The van der Waals surface area contributed by atoms with Crippen molar-refractivity contribution >= 4 is 5.78 Å². The molecule has 0 saturated heterocycles. The van der Waals surface area contributed by atoms with Gasteiger partial charge in [-0.3, -0.25) is 4.79 Å². The number of carbonyl (C=O) groups is 1. The molecule has 1 rings (SSSR count). The maximum atomic E-state index is 13.2. The molecule has 1 aromatic carbocycles. The lowest BCUT2D eigenvalue weighted by molar-refractivity contribution is -0.119. The van der Waals surface area contributed by atoms with Gasteiger partial charge in [0.05, 0.1) is 13.2 Å². The van der Waals surface area contributed by atoms with E-state index in [4.69, 9.17) is 10.00 Å². The molecule has 4 heteroatoms. The van der Waals surface area contributed by atoms with Crippen molar-refractivity contribution in [2.24, 2.45) is 0 Å². The van der Waals surface area contributed by atoms with Crippen molar-refractivity contribution in [1.29, 1.82) is 5.26 Å². The summed E-state index contributed by atoms with van der Waals surface area (Å²) in [6.07, 6.45) is 0.965. The first kappa shape index (κ1) is 13.2. The summed E-state index contributed by atoms with van der Waals surface area (Å²) < 4.78 is 18.2. The second kappa shape index (κ2) is 6.00. The quantitative estimate of drug-likeness (QED) is 0.788. The van der Waals surface area contributed by atoms with Crippen molar-refractivity contribution in [3.05, 3.63) is 29.6 Å². The number of methoxy groups -OCH3 is 1. The molecule has 1 unspecified atom stereocenters.